The van der Waals surface area contributed by atoms with E-state index in [9.17, 15) is 9.59 Å². The number of carbonyl (C=O) groups is 2. The second kappa shape index (κ2) is 7.72. The van der Waals surface area contributed by atoms with Crippen LogP contribution < -0.4 is 0 Å². The Bertz CT molecular complexity index is 411. The van der Waals surface area contributed by atoms with Crippen LogP contribution in [0.1, 0.15) is 44.0 Å². The monoisotopic (exact) mass is 262 g/mol. The summed E-state index contributed by atoms with van der Waals surface area (Å²) in [7, 11) is 0. The molecule has 0 aliphatic carbocycles. The predicted molar refractivity (Wildman–Crippen MR) is 75.0 cm³/mol. The maximum atomic E-state index is 12.5. The lowest BCUT2D eigenvalue weighted by Crippen LogP contribution is -2.32. The van der Waals surface area contributed by atoms with E-state index in [1.54, 1.807) is 31.2 Å². The lowest BCUT2D eigenvalue weighted by atomic mass is 9.84. The minimum Gasteiger partial charge on any atom is -0.465 e. The lowest BCUT2D eigenvalue weighted by molar-refractivity contribution is -0.147. The Morgan fingerprint density at radius 1 is 1.16 bits per heavy atom. The Morgan fingerprint density at radius 2 is 1.79 bits per heavy atom. The van der Waals surface area contributed by atoms with Crippen LogP contribution in [0.15, 0.2) is 30.3 Å². The molecule has 0 aromatic heterocycles. The van der Waals surface area contributed by atoms with Gasteiger partial charge in [-0.2, -0.15) is 0 Å². The van der Waals surface area contributed by atoms with Crippen molar-refractivity contribution < 1.29 is 14.3 Å². The van der Waals surface area contributed by atoms with Gasteiger partial charge in [-0.1, -0.05) is 50.6 Å². The number of ether oxygens (including phenoxy) is 1. The maximum Gasteiger partial charge on any atom is 0.317 e. The molecule has 1 aromatic rings. The van der Waals surface area contributed by atoms with Crippen molar-refractivity contribution >= 4 is 11.8 Å². The number of rotatable bonds is 7. The number of hydrogen-bond donors (Lipinski definition) is 0. The van der Waals surface area contributed by atoms with E-state index in [-0.39, 0.29) is 11.7 Å². The fourth-order valence-corrected chi connectivity index (χ4v) is 2.23. The largest absolute Gasteiger partial charge is 0.465 e. The molecule has 2 atom stereocenters. The molecule has 0 saturated heterocycles. The fraction of sp³-hybridized carbons (Fsp3) is 0.500. The zero-order valence-corrected chi connectivity index (χ0v) is 11.9. The molecule has 0 radical (unpaired) electrons. The minimum absolute atomic E-state index is 0.00300. The van der Waals surface area contributed by atoms with Gasteiger partial charge in [-0.25, -0.2) is 0 Å². The standard InChI is InChI=1S/C16H22O3/c1-4-9-12(3)14(16(18)19-5-2)15(17)13-10-7-6-8-11-13/h6-8,10-12,14H,4-5,9H2,1-3H3. The summed E-state index contributed by atoms with van der Waals surface area (Å²) < 4.78 is 5.05. The van der Waals surface area contributed by atoms with Crippen molar-refractivity contribution in [2.24, 2.45) is 11.8 Å². The number of esters is 1. The van der Waals surface area contributed by atoms with Crippen molar-refractivity contribution in [3.8, 4) is 0 Å². The summed E-state index contributed by atoms with van der Waals surface area (Å²) in [6.07, 6.45) is 1.78. The quantitative estimate of drug-likeness (QED) is 0.429. The van der Waals surface area contributed by atoms with Gasteiger partial charge in [0.25, 0.3) is 0 Å². The molecular weight excluding hydrogens is 240 g/mol. The van der Waals surface area contributed by atoms with Crippen molar-refractivity contribution in [1.82, 2.24) is 0 Å². The Labute approximate surface area is 115 Å². The minimum atomic E-state index is -0.692. The molecule has 0 heterocycles. The van der Waals surface area contributed by atoms with Gasteiger partial charge in [0.05, 0.1) is 6.61 Å². The van der Waals surface area contributed by atoms with Crippen molar-refractivity contribution in [2.75, 3.05) is 6.61 Å². The zero-order valence-electron chi connectivity index (χ0n) is 11.9. The Hall–Kier alpha value is -1.64. The number of ketones is 1. The summed E-state index contributed by atoms with van der Waals surface area (Å²) in [5.74, 6) is -1.24. The van der Waals surface area contributed by atoms with E-state index >= 15 is 0 Å². The number of Topliss-reactive ketones (excluding diaryl/α,β-unsaturated/α-hetero) is 1. The van der Waals surface area contributed by atoms with Gasteiger partial charge in [0.15, 0.2) is 5.78 Å². The summed E-state index contributed by atoms with van der Waals surface area (Å²) in [5, 5.41) is 0. The van der Waals surface area contributed by atoms with Gasteiger partial charge in [-0.3, -0.25) is 9.59 Å². The fourth-order valence-electron chi connectivity index (χ4n) is 2.23. The first-order chi connectivity index (χ1) is 9.11. The first-order valence-corrected chi connectivity index (χ1v) is 6.87. The molecule has 1 aromatic carbocycles. The topological polar surface area (TPSA) is 43.4 Å². The van der Waals surface area contributed by atoms with Crippen LogP contribution in [0.4, 0.5) is 0 Å². The van der Waals surface area contributed by atoms with Crippen LogP contribution in [-0.2, 0) is 9.53 Å². The van der Waals surface area contributed by atoms with Crippen LogP contribution >= 0.6 is 0 Å². The summed E-state index contributed by atoms with van der Waals surface area (Å²) >= 11 is 0. The van der Waals surface area contributed by atoms with Crippen LogP contribution in [0.3, 0.4) is 0 Å². The van der Waals surface area contributed by atoms with Gasteiger partial charge >= 0.3 is 5.97 Å². The van der Waals surface area contributed by atoms with E-state index in [0.717, 1.165) is 12.8 Å². The highest BCUT2D eigenvalue weighted by Gasteiger charge is 2.33. The van der Waals surface area contributed by atoms with Crippen molar-refractivity contribution in [3.05, 3.63) is 35.9 Å². The van der Waals surface area contributed by atoms with Crippen LogP contribution in [0, 0.1) is 11.8 Å². The highest BCUT2D eigenvalue weighted by atomic mass is 16.5. The zero-order chi connectivity index (χ0) is 14.3. The average molecular weight is 262 g/mol. The van der Waals surface area contributed by atoms with Crippen molar-refractivity contribution in [2.45, 2.75) is 33.6 Å². The molecule has 19 heavy (non-hydrogen) atoms. The molecule has 3 nitrogen and oxygen atoms in total. The summed E-state index contributed by atoms with van der Waals surface area (Å²) in [5.41, 5.74) is 0.573. The van der Waals surface area contributed by atoms with Crippen molar-refractivity contribution in [1.29, 1.82) is 0 Å². The number of benzene rings is 1. The molecule has 0 N–H and O–H groups in total. The molecule has 0 spiro atoms. The molecule has 0 fully saturated rings. The first-order valence-electron chi connectivity index (χ1n) is 6.87. The van der Waals surface area contributed by atoms with Crippen LogP contribution in [0.2, 0.25) is 0 Å². The Balaban J connectivity index is 2.96. The maximum absolute atomic E-state index is 12.5. The highest BCUT2D eigenvalue weighted by Crippen LogP contribution is 2.23. The van der Waals surface area contributed by atoms with E-state index in [0.29, 0.717) is 12.2 Å². The Morgan fingerprint density at radius 3 is 2.32 bits per heavy atom. The van der Waals surface area contributed by atoms with E-state index < -0.39 is 11.9 Å². The normalized spacial score (nSPS) is 13.6. The van der Waals surface area contributed by atoms with Crippen molar-refractivity contribution in [3.63, 3.8) is 0 Å². The third-order valence-electron chi connectivity index (χ3n) is 3.19. The summed E-state index contributed by atoms with van der Waals surface area (Å²) in [6, 6.07) is 8.95. The molecule has 1 rings (SSSR count). The number of hydrogen-bond acceptors (Lipinski definition) is 3. The summed E-state index contributed by atoms with van der Waals surface area (Å²) in [4.78, 5) is 24.5. The van der Waals surface area contributed by atoms with Gasteiger partial charge in [0.1, 0.15) is 5.92 Å². The molecule has 0 amide bonds. The molecule has 0 aliphatic rings. The second-order valence-electron chi connectivity index (χ2n) is 4.73. The molecule has 104 valence electrons. The van der Waals surface area contributed by atoms with E-state index in [1.807, 2.05) is 19.9 Å². The van der Waals surface area contributed by atoms with Gasteiger partial charge < -0.3 is 4.74 Å². The van der Waals surface area contributed by atoms with Gasteiger partial charge in [-0.05, 0) is 19.3 Å². The van der Waals surface area contributed by atoms with E-state index in [4.69, 9.17) is 4.74 Å². The Kier molecular flexibility index (Phi) is 6.26. The third kappa shape index (κ3) is 4.19. The predicted octanol–water partition coefficient (Wildman–Crippen LogP) is 3.48. The molecule has 2 unspecified atom stereocenters. The lowest BCUT2D eigenvalue weighted by Gasteiger charge is -2.20. The first kappa shape index (κ1) is 15.4. The second-order valence-corrected chi connectivity index (χ2v) is 4.73. The highest BCUT2D eigenvalue weighted by molar-refractivity contribution is 6.08. The molecule has 0 bridgehead atoms. The third-order valence-corrected chi connectivity index (χ3v) is 3.19. The smallest absolute Gasteiger partial charge is 0.317 e. The van der Waals surface area contributed by atoms with Gasteiger partial charge in [0.2, 0.25) is 0 Å². The molecule has 0 saturated carbocycles. The number of carbonyl (C=O) groups excluding carboxylic acids is 2. The van der Waals surface area contributed by atoms with E-state index in [1.165, 1.54) is 0 Å². The molecule has 3 heteroatoms. The average Bonchev–Trinajstić information content (AvgIpc) is 2.40. The SMILES string of the molecule is CCCC(C)C(C(=O)OCC)C(=O)c1ccccc1. The van der Waals surface area contributed by atoms with Gasteiger partial charge in [-0.15, -0.1) is 0 Å². The van der Waals surface area contributed by atoms with Crippen LogP contribution in [0.5, 0.6) is 0 Å². The van der Waals surface area contributed by atoms with Gasteiger partial charge in [0, 0.05) is 5.56 Å². The molecular formula is C16H22O3. The van der Waals surface area contributed by atoms with Crippen LogP contribution in [0.25, 0.3) is 0 Å². The van der Waals surface area contributed by atoms with Crippen LogP contribution in [-0.4, -0.2) is 18.4 Å². The molecule has 0 aliphatic heterocycles. The summed E-state index contributed by atoms with van der Waals surface area (Å²) in [6.45, 7) is 6.04. The van der Waals surface area contributed by atoms with E-state index in [2.05, 4.69) is 0 Å².